The first-order valence-corrected chi connectivity index (χ1v) is 6.58. The Balaban J connectivity index is 2.03. The second-order valence-electron chi connectivity index (χ2n) is 3.99. The Labute approximate surface area is 119 Å². The number of ether oxygens (including phenoxy) is 1. The molecule has 2 rings (SSSR count). The molecule has 4 nitrogen and oxygen atoms in total. The molecule has 0 radical (unpaired) electrons. The van der Waals surface area contributed by atoms with E-state index in [4.69, 9.17) is 9.15 Å². The average molecular weight is 324 g/mol. The van der Waals surface area contributed by atoms with Crippen molar-refractivity contribution in [3.05, 3.63) is 58.0 Å². The maximum atomic E-state index is 11.9. The zero-order chi connectivity index (χ0) is 13.7. The summed E-state index contributed by atoms with van der Waals surface area (Å²) < 4.78 is 10.6. The minimum atomic E-state index is -0.173. The minimum Gasteiger partial charge on any atom is -0.457 e. The number of hydrogen-bond donors (Lipinski definition) is 1. The Morgan fingerprint density at radius 1 is 1.32 bits per heavy atom. The molecule has 19 heavy (non-hydrogen) atoms. The third-order valence-corrected chi connectivity index (χ3v) is 3.33. The molecule has 0 aliphatic heterocycles. The topological polar surface area (TPSA) is 51.5 Å². The van der Waals surface area contributed by atoms with Gasteiger partial charge >= 0.3 is 0 Å². The van der Waals surface area contributed by atoms with Crippen molar-refractivity contribution in [3.63, 3.8) is 0 Å². The Morgan fingerprint density at radius 2 is 2.05 bits per heavy atom. The number of halogens is 1. The van der Waals surface area contributed by atoms with Gasteiger partial charge in [-0.2, -0.15) is 0 Å². The fourth-order valence-electron chi connectivity index (χ4n) is 1.75. The smallest absolute Gasteiger partial charge is 0.256 e. The molecule has 100 valence electrons. The van der Waals surface area contributed by atoms with E-state index in [1.807, 2.05) is 24.3 Å². The van der Waals surface area contributed by atoms with Crippen LogP contribution in [0.1, 0.15) is 21.5 Å². The van der Waals surface area contributed by atoms with Crippen LogP contribution in [0, 0.1) is 0 Å². The van der Waals surface area contributed by atoms with E-state index >= 15 is 0 Å². The van der Waals surface area contributed by atoms with Crippen LogP contribution in [-0.4, -0.2) is 13.0 Å². The SMILES string of the molecule is COCc1ccccc1CNC(=O)c1ccoc1Br. The molecule has 0 unspecified atom stereocenters. The van der Waals surface area contributed by atoms with Crippen LogP contribution in [0.3, 0.4) is 0 Å². The summed E-state index contributed by atoms with van der Waals surface area (Å²) in [5.74, 6) is -0.173. The first kappa shape index (κ1) is 13.8. The van der Waals surface area contributed by atoms with Crippen LogP contribution in [0.15, 0.2) is 45.7 Å². The van der Waals surface area contributed by atoms with Gasteiger partial charge in [-0.25, -0.2) is 0 Å². The van der Waals surface area contributed by atoms with E-state index in [9.17, 15) is 4.79 Å². The van der Waals surface area contributed by atoms with Gasteiger partial charge in [0.2, 0.25) is 0 Å². The molecule has 0 bridgehead atoms. The first-order valence-electron chi connectivity index (χ1n) is 5.79. The van der Waals surface area contributed by atoms with E-state index < -0.39 is 0 Å². The Bertz CT molecular complexity index is 565. The van der Waals surface area contributed by atoms with Gasteiger partial charge in [0.05, 0.1) is 18.4 Å². The molecule has 1 aromatic carbocycles. The van der Waals surface area contributed by atoms with E-state index in [1.165, 1.54) is 6.26 Å². The highest BCUT2D eigenvalue weighted by atomic mass is 79.9. The molecule has 2 aromatic rings. The van der Waals surface area contributed by atoms with Crippen molar-refractivity contribution in [2.45, 2.75) is 13.2 Å². The van der Waals surface area contributed by atoms with Gasteiger partial charge in [0, 0.05) is 13.7 Å². The summed E-state index contributed by atoms with van der Waals surface area (Å²) in [5, 5.41) is 2.86. The van der Waals surface area contributed by atoms with Crippen molar-refractivity contribution in [2.24, 2.45) is 0 Å². The Hall–Kier alpha value is -1.59. The van der Waals surface area contributed by atoms with Crippen molar-refractivity contribution in [3.8, 4) is 0 Å². The number of methoxy groups -OCH3 is 1. The predicted molar refractivity (Wildman–Crippen MR) is 74.7 cm³/mol. The van der Waals surface area contributed by atoms with Crippen molar-refractivity contribution < 1.29 is 13.9 Å². The molecule has 0 aliphatic carbocycles. The standard InChI is InChI=1S/C14H14BrNO3/c1-18-9-11-5-3-2-4-10(11)8-16-14(17)12-6-7-19-13(12)15/h2-7H,8-9H2,1H3,(H,16,17). The number of rotatable bonds is 5. The third kappa shape index (κ3) is 3.45. The second-order valence-corrected chi connectivity index (χ2v) is 4.71. The summed E-state index contributed by atoms with van der Waals surface area (Å²) in [6.07, 6.45) is 1.47. The minimum absolute atomic E-state index is 0.173. The van der Waals surface area contributed by atoms with Gasteiger partial charge < -0.3 is 14.5 Å². The van der Waals surface area contributed by atoms with Crippen LogP contribution < -0.4 is 5.32 Å². The van der Waals surface area contributed by atoms with Gasteiger partial charge in [0.25, 0.3) is 5.91 Å². The molecule has 0 aliphatic rings. The number of carbonyl (C=O) groups excluding carboxylic acids is 1. The molecule has 0 saturated carbocycles. The van der Waals surface area contributed by atoms with Crippen LogP contribution in [0.25, 0.3) is 0 Å². The lowest BCUT2D eigenvalue weighted by Crippen LogP contribution is -2.23. The van der Waals surface area contributed by atoms with Crippen molar-refractivity contribution in [1.82, 2.24) is 5.32 Å². The second kappa shape index (κ2) is 6.54. The van der Waals surface area contributed by atoms with Gasteiger partial charge in [-0.15, -0.1) is 0 Å². The number of furan rings is 1. The normalized spacial score (nSPS) is 10.4. The number of amides is 1. The van der Waals surface area contributed by atoms with E-state index in [1.54, 1.807) is 13.2 Å². The van der Waals surface area contributed by atoms with Crippen LogP contribution in [0.2, 0.25) is 0 Å². The van der Waals surface area contributed by atoms with Gasteiger partial charge in [-0.3, -0.25) is 4.79 Å². The quantitative estimate of drug-likeness (QED) is 0.919. The lowest BCUT2D eigenvalue weighted by Gasteiger charge is -2.09. The summed E-state index contributed by atoms with van der Waals surface area (Å²) in [4.78, 5) is 11.9. The highest BCUT2D eigenvalue weighted by molar-refractivity contribution is 9.10. The fraction of sp³-hybridized carbons (Fsp3) is 0.214. The molecule has 1 aromatic heterocycles. The summed E-state index contributed by atoms with van der Waals surface area (Å²) in [7, 11) is 1.65. The van der Waals surface area contributed by atoms with Gasteiger partial charge in [0.15, 0.2) is 4.67 Å². The summed E-state index contributed by atoms with van der Waals surface area (Å²) in [6, 6.07) is 9.47. The molecule has 1 amide bonds. The summed E-state index contributed by atoms with van der Waals surface area (Å²) in [6.45, 7) is 0.984. The lowest BCUT2D eigenvalue weighted by molar-refractivity contribution is 0.0948. The lowest BCUT2D eigenvalue weighted by atomic mass is 10.1. The highest BCUT2D eigenvalue weighted by Crippen LogP contribution is 2.17. The van der Waals surface area contributed by atoms with Crippen LogP contribution in [0.5, 0.6) is 0 Å². The maximum Gasteiger partial charge on any atom is 0.256 e. The molecule has 1 N–H and O–H groups in total. The molecule has 5 heteroatoms. The van der Waals surface area contributed by atoms with E-state index in [0.29, 0.717) is 23.4 Å². The van der Waals surface area contributed by atoms with E-state index in [-0.39, 0.29) is 5.91 Å². The molecular formula is C14H14BrNO3. The van der Waals surface area contributed by atoms with Crippen LogP contribution >= 0.6 is 15.9 Å². The number of hydrogen-bond acceptors (Lipinski definition) is 3. The number of benzene rings is 1. The molecule has 0 spiro atoms. The third-order valence-electron chi connectivity index (χ3n) is 2.72. The highest BCUT2D eigenvalue weighted by Gasteiger charge is 2.12. The van der Waals surface area contributed by atoms with E-state index in [0.717, 1.165) is 11.1 Å². The van der Waals surface area contributed by atoms with E-state index in [2.05, 4.69) is 21.2 Å². The monoisotopic (exact) mass is 323 g/mol. The number of carbonyl (C=O) groups is 1. The average Bonchev–Trinajstić information content (AvgIpc) is 2.84. The largest absolute Gasteiger partial charge is 0.457 e. The summed E-state index contributed by atoms with van der Waals surface area (Å²) >= 11 is 3.18. The van der Waals surface area contributed by atoms with Crippen molar-refractivity contribution in [2.75, 3.05) is 7.11 Å². The van der Waals surface area contributed by atoms with Crippen molar-refractivity contribution in [1.29, 1.82) is 0 Å². The van der Waals surface area contributed by atoms with Crippen molar-refractivity contribution >= 4 is 21.8 Å². The van der Waals surface area contributed by atoms with Gasteiger partial charge in [0.1, 0.15) is 0 Å². The molecular weight excluding hydrogens is 310 g/mol. The Morgan fingerprint density at radius 3 is 2.68 bits per heavy atom. The molecule has 0 saturated heterocycles. The molecule has 0 atom stereocenters. The van der Waals surface area contributed by atoms with Gasteiger partial charge in [-0.05, 0) is 33.1 Å². The molecule has 1 heterocycles. The first-order chi connectivity index (χ1) is 9.22. The summed E-state index contributed by atoms with van der Waals surface area (Å²) in [5.41, 5.74) is 2.60. The molecule has 0 fully saturated rings. The van der Waals surface area contributed by atoms with Crippen LogP contribution in [-0.2, 0) is 17.9 Å². The fourth-order valence-corrected chi connectivity index (χ4v) is 2.17. The Kier molecular flexibility index (Phi) is 4.76. The zero-order valence-electron chi connectivity index (χ0n) is 10.5. The predicted octanol–water partition coefficient (Wildman–Crippen LogP) is 3.12. The maximum absolute atomic E-state index is 11.9. The van der Waals surface area contributed by atoms with Crippen LogP contribution in [0.4, 0.5) is 0 Å². The zero-order valence-corrected chi connectivity index (χ0v) is 12.1. The van der Waals surface area contributed by atoms with Gasteiger partial charge in [-0.1, -0.05) is 24.3 Å². The number of nitrogens with one attached hydrogen (secondary N) is 1.